The van der Waals surface area contributed by atoms with Gasteiger partial charge in [-0.2, -0.15) is 0 Å². The van der Waals surface area contributed by atoms with Crippen LogP contribution in [0.1, 0.15) is 41.5 Å². The van der Waals surface area contributed by atoms with E-state index >= 15 is 0 Å². The second-order valence-electron chi connectivity index (χ2n) is 5.68. The van der Waals surface area contributed by atoms with Crippen molar-refractivity contribution in [2.45, 2.75) is 46.4 Å². The Bertz CT molecular complexity index is 204. The van der Waals surface area contributed by atoms with Gasteiger partial charge in [-0.25, -0.2) is 0 Å². The highest BCUT2D eigenvalue weighted by molar-refractivity contribution is 9.10. The Morgan fingerprint density at radius 2 is 1.38 bits per heavy atom. The first kappa shape index (κ1) is 16.0. The molecule has 0 fully saturated rings. The zero-order chi connectivity index (χ0) is 12.9. The van der Waals surface area contributed by atoms with Gasteiger partial charge < -0.3 is 4.90 Å². The van der Waals surface area contributed by atoms with E-state index in [1.807, 2.05) is 4.90 Å². The fourth-order valence-electron chi connectivity index (χ4n) is 1.60. The smallest absolute Gasteiger partial charge is 0.236 e. The number of carbonyl (C=O) groups excluding carboxylic acids is 1. The summed E-state index contributed by atoms with van der Waals surface area (Å²) in [4.78, 5) is 14.2. The van der Waals surface area contributed by atoms with Crippen LogP contribution in [0.5, 0.6) is 0 Å². The molecule has 0 saturated heterocycles. The average Bonchev–Trinajstić information content (AvgIpc) is 2.12. The third-order valence-corrected chi connectivity index (χ3v) is 3.75. The molecule has 0 aliphatic heterocycles. The Morgan fingerprint density at radius 3 is 1.62 bits per heavy atom. The molecule has 0 aromatic rings. The molecule has 0 aliphatic rings. The molecule has 16 heavy (non-hydrogen) atoms. The van der Waals surface area contributed by atoms with Crippen LogP contribution in [-0.4, -0.2) is 28.7 Å². The van der Waals surface area contributed by atoms with E-state index in [1.165, 1.54) is 0 Å². The summed E-state index contributed by atoms with van der Waals surface area (Å²) in [7, 11) is 0. The maximum Gasteiger partial charge on any atom is 0.236 e. The molecule has 0 aromatic heterocycles. The number of halogens is 1. The molecular weight excluding hydrogens is 266 g/mol. The lowest BCUT2D eigenvalue weighted by atomic mass is 10.1. The second kappa shape index (κ2) is 7.31. The fourth-order valence-corrected chi connectivity index (χ4v) is 1.89. The molecule has 1 atom stereocenters. The monoisotopic (exact) mass is 291 g/mol. The normalized spacial score (nSPS) is 13.6. The first-order valence-electron chi connectivity index (χ1n) is 6.18. The largest absolute Gasteiger partial charge is 0.341 e. The minimum Gasteiger partial charge on any atom is -0.341 e. The van der Waals surface area contributed by atoms with E-state index in [-0.39, 0.29) is 10.7 Å². The number of hydrogen-bond acceptors (Lipinski definition) is 1. The number of amides is 1. The van der Waals surface area contributed by atoms with Crippen molar-refractivity contribution in [3.05, 3.63) is 0 Å². The van der Waals surface area contributed by atoms with E-state index in [4.69, 9.17) is 0 Å². The van der Waals surface area contributed by atoms with Crippen molar-refractivity contribution < 1.29 is 4.79 Å². The molecule has 96 valence electrons. The van der Waals surface area contributed by atoms with Crippen molar-refractivity contribution in [2.24, 2.45) is 17.8 Å². The maximum atomic E-state index is 12.2. The summed E-state index contributed by atoms with van der Waals surface area (Å²) >= 11 is 3.50. The number of hydrogen-bond donors (Lipinski definition) is 0. The van der Waals surface area contributed by atoms with Gasteiger partial charge in [0, 0.05) is 13.1 Å². The lowest BCUT2D eigenvalue weighted by Gasteiger charge is -2.29. The minimum atomic E-state index is -0.0509. The van der Waals surface area contributed by atoms with Gasteiger partial charge in [-0.15, -0.1) is 0 Å². The van der Waals surface area contributed by atoms with Crippen molar-refractivity contribution in [1.82, 2.24) is 4.90 Å². The molecule has 0 saturated carbocycles. The Hall–Kier alpha value is -0.0500. The molecule has 2 nitrogen and oxygen atoms in total. The summed E-state index contributed by atoms with van der Waals surface area (Å²) in [5, 5.41) is 0. The summed E-state index contributed by atoms with van der Waals surface area (Å²) in [5.41, 5.74) is 0. The van der Waals surface area contributed by atoms with Crippen molar-refractivity contribution in [3.8, 4) is 0 Å². The summed E-state index contributed by atoms with van der Waals surface area (Å²) in [6, 6.07) is 0. The molecule has 1 amide bonds. The Morgan fingerprint density at radius 1 is 1.00 bits per heavy atom. The first-order valence-corrected chi connectivity index (χ1v) is 7.10. The highest BCUT2D eigenvalue weighted by Gasteiger charge is 2.25. The van der Waals surface area contributed by atoms with Crippen LogP contribution in [0.4, 0.5) is 0 Å². The molecule has 0 radical (unpaired) electrons. The van der Waals surface area contributed by atoms with Gasteiger partial charge in [-0.05, 0) is 17.8 Å². The third-order valence-electron chi connectivity index (χ3n) is 2.30. The zero-order valence-corrected chi connectivity index (χ0v) is 13.0. The van der Waals surface area contributed by atoms with Crippen LogP contribution in [0.25, 0.3) is 0 Å². The predicted octanol–water partition coefficient (Wildman–Crippen LogP) is 3.55. The van der Waals surface area contributed by atoms with E-state index < -0.39 is 0 Å². The lowest BCUT2D eigenvalue weighted by molar-refractivity contribution is -0.132. The molecule has 0 heterocycles. The van der Waals surface area contributed by atoms with E-state index in [2.05, 4.69) is 57.5 Å². The van der Waals surface area contributed by atoms with E-state index in [0.717, 1.165) is 13.1 Å². The van der Waals surface area contributed by atoms with Gasteiger partial charge in [-0.1, -0.05) is 57.5 Å². The first-order chi connectivity index (χ1) is 7.25. The maximum absolute atomic E-state index is 12.2. The lowest BCUT2D eigenvalue weighted by Crippen LogP contribution is -2.42. The van der Waals surface area contributed by atoms with Crippen LogP contribution in [0.15, 0.2) is 0 Å². The van der Waals surface area contributed by atoms with Gasteiger partial charge >= 0.3 is 0 Å². The molecule has 0 spiro atoms. The third kappa shape index (κ3) is 5.88. The van der Waals surface area contributed by atoms with Crippen molar-refractivity contribution >= 4 is 21.8 Å². The molecular formula is C13H26BrNO. The fraction of sp³-hybridized carbons (Fsp3) is 0.923. The van der Waals surface area contributed by atoms with Crippen LogP contribution in [-0.2, 0) is 4.79 Å². The summed E-state index contributed by atoms with van der Waals surface area (Å²) in [6.45, 7) is 14.5. The molecule has 0 aromatic carbocycles. The Kier molecular flexibility index (Phi) is 7.29. The van der Waals surface area contributed by atoms with Crippen LogP contribution in [0.3, 0.4) is 0 Å². The average molecular weight is 292 g/mol. The van der Waals surface area contributed by atoms with Gasteiger partial charge in [0.05, 0.1) is 4.83 Å². The topological polar surface area (TPSA) is 20.3 Å². The van der Waals surface area contributed by atoms with E-state index in [1.54, 1.807) is 0 Å². The number of carbonyl (C=O) groups is 1. The van der Waals surface area contributed by atoms with Crippen molar-refractivity contribution in [3.63, 3.8) is 0 Å². The Labute approximate surface area is 109 Å². The number of nitrogens with zero attached hydrogens (tertiary/aromatic N) is 1. The van der Waals surface area contributed by atoms with Crippen LogP contribution in [0, 0.1) is 17.8 Å². The molecule has 0 rings (SSSR count). The van der Waals surface area contributed by atoms with Crippen LogP contribution >= 0.6 is 15.9 Å². The summed E-state index contributed by atoms with van der Waals surface area (Å²) in [6.07, 6.45) is 0. The summed E-state index contributed by atoms with van der Waals surface area (Å²) in [5.74, 6) is 1.62. The predicted molar refractivity (Wildman–Crippen MR) is 73.8 cm³/mol. The molecule has 0 bridgehead atoms. The van der Waals surface area contributed by atoms with Gasteiger partial charge in [0.15, 0.2) is 0 Å². The highest BCUT2D eigenvalue weighted by Crippen LogP contribution is 2.17. The molecule has 0 aliphatic carbocycles. The highest BCUT2D eigenvalue weighted by atomic mass is 79.9. The van der Waals surface area contributed by atoms with Gasteiger partial charge in [0.25, 0.3) is 0 Å². The second-order valence-corrected chi connectivity index (χ2v) is 6.66. The Balaban J connectivity index is 4.55. The molecule has 3 heteroatoms. The molecule has 1 unspecified atom stereocenters. The SMILES string of the molecule is CC(C)CN(CC(C)C)C(=O)C(Br)C(C)C. The number of alkyl halides is 1. The quantitative estimate of drug-likeness (QED) is 0.686. The van der Waals surface area contributed by atoms with Crippen molar-refractivity contribution in [2.75, 3.05) is 13.1 Å². The minimum absolute atomic E-state index is 0.0509. The standard InChI is InChI=1S/C13H26BrNO/c1-9(2)7-15(8-10(3)4)13(16)12(14)11(5)6/h9-12H,7-8H2,1-6H3. The number of rotatable bonds is 6. The van der Waals surface area contributed by atoms with Crippen LogP contribution < -0.4 is 0 Å². The van der Waals surface area contributed by atoms with Gasteiger partial charge in [0.1, 0.15) is 0 Å². The van der Waals surface area contributed by atoms with E-state index in [9.17, 15) is 4.79 Å². The van der Waals surface area contributed by atoms with Crippen molar-refractivity contribution in [1.29, 1.82) is 0 Å². The van der Waals surface area contributed by atoms with Crippen LogP contribution in [0.2, 0.25) is 0 Å². The van der Waals surface area contributed by atoms with Gasteiger partial charge in [0.2, 0.25) is 5.91 Å². The summed E-state index contributed by atoms with van der Waals surface area (Å²) < 4.78 is 0. The zero-order valence-electron chi connectivity index (χ0n) is 11.5. The van der Waals surface area contributed by atoms with E-state index in [0.29, 0.717) is 17.8 Å². The molecule has 0 N–H and O–H groups in total. The van der Waals surface area contributed by atoms with Gasteiger partial charge in [-0.3, -0.25) is 4.79 Å².